The topological polar surface area (TPSA) is 394 Å². The van der Waals surface area contributed by atoms with E-state index < -0.39 is 127 Å². The van der Waals surface area contributed by atoms with Crippen LogP contribution in [0.5, 0.6) is 5.75 Å². The third-order valence-electron chi connectivity index (χ3n) is 18.5. The van der Waals surface area contributed by atoms with Gasteiger partial charge in [-0.25, -0.2) is 19.5 Å². The molecule has 1 unspecified atom stereocenters. The first kappa shape index (κ1) is 71.5. The molecule has 2 aromatic carbocycles. The van der Waals surface area contributed by atoms with Gasteiger partial charge in [0, 0.05) is 86.6 Å². The van der Waals surface area contributed by atoms with Crippen molar-refractivity contribution < 1.29 is 82.1 Å². The maximum absolute atomic E-state index is 14.4. The van der Waals surface area contributed by atoms with Crippen LogP contribution in [0.2, 0.25) is 5.02 Å². The van der Waals surface area contributed by atoms with Gasteiger partial charge in [-0.15, -0.1) is 0 Å². The van der Waals surface area contributed by atoms with Crippen molar-refractivity contribution >= 4 is 76.5 Å². The minimum atomic E-state index is -1.56. The van der Waals surface area contributed by atoms with Gasteiger partial charge in [0.05, 0.1) is 56.8 Å². The smallest absolute Gasteiger partial charge is 0.330 e. The fourth-order valence-electron chi connectivity index (χ4n) is 13.9. The number of aliphatic hydroxyl groups is 2. The lowest BCUT2D eigenvalue weighted by Gasteiger charge is -2.68. The van der Waals surface area contributed by atoms with Gasteiger partial charge in [-0.05, 0) is 124 Å². The van der Waals surface area contributed by atoms with Crippen LogP contribution in [0.3, 0.4) is 0 Å². The molecule has 4 saturated carbocycles. The molecule has 508 valence electrons. The summed E-state index contributed by atoms with van der Waals surface area (Å²) in [6.45, 7) is 3.31. The molecule has 4 bridgehead atoms. The Kier molecular flexibility index (Phi) is 25.5. The van der Waals surface area contributed by atoms with Gasteiger partial charge in [0.2, 0.25) is 29.5 Å². The average molecular weight is 1320 g/mol. The van der Waals surface area contributed by atoms with E-state index in [4.69, 9.17) is 51.8 Å². The molecular formula is C65H89ClN10O17. The number of aliphatic hydroxyl groups excluding tert-OH is 2. The number of urea groups is 1. The fraction of sp³-hybridized carbons (Fsp3) is 0.600. The van der Waals surface area contributed by atoms with Crippen LogP contribution in [-0.4, -0.2) is 168 Å². The van der Waals surface area contributed by atoms with E-state index in [0.29, 0.717) is 66.0 Å². The highest BCUT2D eigenvalue weighted by Gasteiger charge is 2.77. The van der Waals surface area contributed by atoms with E-state index in [1.165, 1.54) is 43.1 Å². The van der Waals surface area contributed by atoms with Crippen LogP contribution < -0.4 is 42.8 Å². The number of nitrogens with one attached hydrogen (secondary N) is 6. The minimum Gasteiger partial charge on any atom is -0.487 e. The minimum absolute atomic E-state index is 0.0261. The lowest BCUT2D eigenvalue weighted by molar-refractivity contribution is -0.645. The lowest BCUT2D eigenvalue weighted by Crippen LogP contribution is -2.76. The molecule has 1 aromatic heterocycles. The number of H-pyrrole nitrogens is 1. The first-order valence-corrected chi connectivity index (χ1v) is 32.3. The average Bonchev–Trinajstić information content (AvgIpc) is 0.819. The molecule has 2 aliphatic heterocycles. The first-order valence-electron chi connectivity index (χ1n) is 32.0. The van der Waals surface area contributed by atoms with Crippen molar-refractivity contribution in [3.63, 3.8) is 0 Å². The third kappa shape index (κ3) is 17.5. The summed E-state index contributed by atoms with van der Waals surface area (Å²) in [5, 5.41) is 34.3. The summed E-state index contributed by atoms with van der Waals surface area (Å²) >= 11 is 7.34. The van der Waals surface area contributed by atoms with Crippen molar-refractivity contribution in [1.82, 2.24) is 36.1 Å². The Morgan fingerprint density at radius 2 is 1.44 bits per heavy atom. The zero-order chi connectivity index (χ0) is 67.0. The standard InChI is InChI=1S/C65H89ClN10O17/c1-37(2)23-42(29-53(79)49(7-5-6-18-67)72-60(84)43(33-77)30-54(80)52(34-78)74-62(86)51(31-47-32-69-36-70-47)75-63(87)76-19-21-90-22-20-76)59(83)73-50(15-16-55(68)81)61(85)71-46-12-8-38(9-13-46)35-91-58-41(11-17-56(82)88-3)10-14-48(57(58)66)65(89-4)64(92-93-65)44-25-39-24-40(27-44)28-45(64)26-39/h8-14,17,32,36-37,39-40,42-45,49-52,77-78H,5-7,15-16,18-31,33-35,67H2,1-4H3,(H2,68,81)(H,69,70)(H,71,85)(H,72,84)(H,73,83)(H,74,86)(H,75,87)/b17-11+/t39?,40?,42-,43+,44?,45?,49+,50+,51+,52+,64?,65?/m1/s1. The predicted octanol–water partition coefficient (Wildman–Crippen LogP) is 3.41. The molecule has 2 saturated heterocycles. The number of ketones is 2. The van der Waals surface area contributed by atoms with Crippen molar-refractivity contribution in [2.75, 3.05) is 65.6 Å². The lowest BCUT2D eigenvalue weighted by atomic mass is 9.47. The van der Waals surface area contributed by atoms with Crippen LogP contribution in [0.25, 0.3) is 6.08 Å². The van der Waals surface area contributed by atoms with E-state index in [9.17, 15) is 53.4 Å². The first-order chi connectivity index (χ1) is 44.6. The van der Waals surface area contributed by atoms with Crippen LogP contribution in [0, 0.1) is 41.4 Å². The number of ether oxygens (including phenoxy) is 4. The van der Waals surface area contributed by atoms with Crippen molar-refractivity contribution in [1.29, 1.82) is 0 Å². The Balaban J connectivity index is 0.906. The van der Waals surface area contributed by atoms with Gasteiger partial charge in [0.1, 0.15) is 30.5 Å². The summed E-state index contributed by atoms with van der Waals surface area (Å²) in [6.07, 6.45) is 10.3. The monoisotopic (exact) mass is 1320 g/mol. The molecule has 9 rings (SSSR count). The molecule has 27 nitrogen and oxygen atoms in total. The number of carbonyl (C=O) groups excluding carboxylic acids is 9. The van der Waals surface area contributed by atoms with Crippen molar-refractivity contribution in [3.05, 3.63) is 82.4 Å². The van der Waals surface area contributed by atoms with Gasteiger partial charge in [-0.1, -0.05) is 49.7 Å². The van der Waals surface area contributed by atoms with Crippen LogP contribution in [0.4, 0.5) is 10.5 Å². The van der Waals surface area contributed by atoms with E-state index in [2.05, 4.69) is 36.6 Å². The highest BCUT2D eigenvalue weighted by Crippen LogP contribution is 2.70. The number of esters is 1. The Morgan fingerprint density at radius 1 is 0.785 bits per heavy atom. The molecule has 6 fully saturated rings. The van der Waals surface area contributed by atoms with E-state index in [0.717, 1.165) is 25.7 Å². The molecule has 6 aliphatic rings. The van der Waals surface area contributed by atoms with Crippen molar-refractivity contribution in [2.24, 2.45) is 52.9 Å². The SMILES string of the molecule is COC(=O)/C=C/c1ccc(C2(OC)OOC23C2CC4CC(C2)CC3C4)c(Cl)c1OCc1ccc(NC(=O)[C@H](CCC(N)=O)NC(=O)[C@@H](CC(=O)[C@H](CCCCN)NC(=O)[C@H](CO)CC(=O)[C@H](CO)NC(=O)[C@H](Cc2cnc[nH]2)NC(=O)N2CCOCC2)CC(C)C)cc1. The second kappa shape index (κ2) is 33.1. The number of imidazole rings is 1. The zero-order valence-electron chi connectivity index (χ0n) is 53.1. The highest BCUT2D eigenvalue weighted by molar-refractivity contribution is 6.33. The van der Waals surface area contributed by atoms with Gasteiger partial charge in [-0.2, -0.15) is 4.89 Å². The summed E-state index contributed by atoms with van der Waals surface area (Å²) in [7, 11) is 2.85. The third-order valence-corrected chi connectivity index (χ3v) is 18.9. The largest absolute Gasteiger partial charge is 0.487 e. The molecule has 12 N–H and O–H groups in total. The fourth-order valence-corrected chi connectivity index (χ4v) is 14.2. The number of aromatic amines is 1. The Hall–Kier alpha value is -7.37. The second-order valence-corrected chi connectivity index (χ2v) is 25.7. The number of hydrogen-bond acceptors (Lipinski definition) is 19. The molecule has 3 aromatic rings. The predicted molar refractivity (Wildman–Crippen MR) is 337 cm³/mol. The number of primary amides is 1. The van der Waals surface area contributed by atoms with Crippen LogP contribution in [0.15, 0.2) is 55.0 Å². The summed E-state index contributed by atoms with van der Waals surface area (Å²) in [4.78, 5) is 142. The highest BCUT2D eigenvalue weighted by atomic mass is 35.5. The number of nitrogens with two attached hydrogens (primary N) is 2. The summed E-state index contributed by atoms with van der Waals surface area (Å²) in [6, 6.07) is 4.33. The van der Waals surface area contributed by atoms with Crippen LogP contribution in [-0.2, 0) is 81.2 Å². The number of nitrogens with zero attached hydrogens (tertiary/aromatic N) is 2. The molecule has 3 heterocycles. The zero-order valence-corrected chi connectivity index (χ0v) is 53.9. The van der Waals surface area contributed by atoms with E-state index >= 15 is 0 Å². The number of Topliss-reactive ketones (excluding diaryl/α,β-unsaturated/α-hetero) is 2. The number of benzene rings is 2. The number of hydrogen-bond donors (Lipinski definition) is 10. The van der Waals surface area contributed by atoms with Crippen molar-refractivity contribution in [2.45, 2.75) is 146 Å². The summed E-state index contributed by atoms with van der Waals surface area (Å²) in [5.41, 5.74) is 13.0. The van der Waals surface area contributed by atoms with Gasteiger partial charge < -0.3 is 77.1 Å². The number of methoxy groups -OCH3 is 2. The molecule has 4 aliphatic carbocycles. The molecule has 28 heteroatoms. The van der Waals surface area contributed by atoms with Crippen molar-refractivity contribution in [3.8, 4) is 5.75 Å². The van der Waals surface area contributed by atoms with E-state index in [1.54, 1.807) is 37.4 Å². The molecular weight excluding hydrogens is 1230 g/mol. The summed E-state index contributed by atoms with van der Waals surface area (Å²) in [5.74, 6) is -7.85. The number of rotatable bonds is 35. The van der Waals surface area contributed by atoms with E-state index in [1.807, 2.05) is 19.9 Å². The molecule has 0 radical (unpaired) electrons. The maximum Gasteiger partial charge on any atom is 0.330 e. The molecule has 1 spiro atoms. The molecule has 93 heavy (non-hydrogen) atoms. The van der Waals surface area contributed by atoms with E-state index in [-0.39, 0.29) is 86.9 Å². The normalized spacial score (nSPS) is 23.2. The number of aromatic nitrogens is 2. The summed E-state index contributed by atoms with van der Waals surface area (Å²) < 4.78 is 23.0. The van der Waals surface area contributed by atoms with Crippen LogP contribution >= 0.6 is 11.6 Å². The van der Waals surface area contributed by atoms with Gasteiger partial charge >= 0.3 is 12.0 Å². The Morgan fingerprint density at radius 3 is 2.03 bits per heavy atom. The Labute approximate surface area is 545 Å². The number of carbonyl (C=O) groups is 9. The Bertz CT molecular complexity index is 3110. The second-order valence-electron chi connectivity index (χ2n) is 25.3. The molecule has 7 atom stereocenters. The number of amides is 7. The van der Waals surface area contributed by atoms with Gasteiger partial charge in [-0.3, -0.25) is 33.6 Å². The number of anilines is 1. The quantitative estimate of drug-likeness (QED) is 0.0175. The number of halogens is 1. The maximum atomic E-state index is 14.4. The number of morpholine rings is 1. The van der Waals surface area contributed by atoms with Crippen LogP contribution in [0.1, 0.15) is 120 Å². The van der Waals surface area contributed by atoms with Gasteiger partial charge in [0.15, 0.2) is 17.2 Å². The number of unbranched alkanes of at least 4 members (excludes halogenated alkanes) is 1. The van der Waals surface area contributed by atoms with Gasteiger partial charge in [0.25, 0.3) is 5.79 Å². The molecule has 7 amide bonds.